The zero-order valence-corrected chi connectivity index (χ0v) is 19.8. The topological polar surface area (TPSA) is 75.7 Å². The number of hydrogen-bond acceptors (Lipinski definition) is 4. The Labute approximate surface area is 193 Å². The predicted octanol–water partition coefficient (Wildman–Crippen LogP) is 4.35. The summed E-state index contributed by atoms with van der Waals surface area (Å²) in [5, 5.41) is 1.20. The van der Waals surface area contributed by atoms with Crippen LogP contribution in [-0.4, -0.2) is 44.7 Å². The first-order valence-electron chi connectivity index (χ1n) is 10.1. The third-order valence-electron chi connectivity index (χ3n) is 5.27. The van der Waals surface area contributed by atoms with Crippen LogP contribution in [0, 0.1) is 0 Å². The molecule has 0 bridgehead atoms. The van der Waals surface area contributed by atoms with Gasteiger partial charge in [-0.2, -0.15) is 0 Å². The molecule has 31 heavy (non-hydrogen) atoms. The monoisotopic (exact) mass is 484 g/mol. The molecule has 0 spiro atoms. The number of benzene rings is 2. The third-order valence-corrected chi connectivity index (χ3v) is 6.46. The quantitative estimate of drug-likeness (QED) is 0.603. The number of amides is 1. The van der Waals surface area contributed by atoms with Crippen LogP contribution in [0.5, 0.6) is 0 Å². The van der Waals surface area contributed by atoms with Crippen LogP contribution in [-0.2, 0) is 19.6 Å². The molecule has 168 valence electrons. The second kappa shape index (κ2) is 10.3. The molecule has 2 aromatic rings. The van der Waals surface area contributed by atoms with E-state index in [-0.39, 0.29) is 25.1 Å². The molecule has 0 unspecified atom stereocenters. The van der Waals surface area contributed by atoms with Gasteiger partial charge in [-0.25, -0.2) is 13.1 Å². The van der Waals surface area contributed by atoms with Gasteiger partial charge in [-0.15, -0.1) is 0 Å². The van der Waals surface area contributed by atoms with Crippen LogP contribution < -0.4 is 4.72 Å². The van der Waals surface area contributed by atoms with Gasteiger partial charge < -0.3 is 9.64 Å². The van der Waals surface area contributed by atoms with Crippen LogP contribution in [0.25, 0.3) is 0 Å². The van der Waals surface area contributed by atoms with Crippen LogP contribution in [0.2, 0.25) is 10.0 Å². The summed E-state index contributed by atoms with van der Waals surface area (Å²) in [5.74, 6) is -0.182. The zero-order valence-electron chi connectivity index (χ0n) is 17.4. The number of carbonyl (C=O) groups excluding carboxylic acids is 1. The summed E-state index contributed by atoms with van der Waals surface area (Å²) < 4.78 is 32.1. The lowest BCUT2D eigenvalue weighted by atomic mass is 9.91. The Kier molecular flexibility index (Phi) is 7.99. The van der Waals surface area contributed by atoms with E-state index in [1.54, 1.807) is 29.2 Å². The molecule has 3 atom stereocenters. The van der Waals surface area contributed by atoms with E-state index in [2.05, 4.69) is 4.72 Å². The summed E-state index contributed by atoms with van der Waals surface area (Å²) in [7, 11) is -3.40. The highest BCUT2D eigenvalue weighted by Gasteiger charge is 2.42. The lowest BCUT2D eigenvalue weighted by Gasteiger charge is -2.45. The fourth-order valence-corrected chi connectivity index (χ4v) is 4.65. The Morgan fingerprint density at radius 1 is 1.06 bits per heavy atom. The summed E-state index contributed by atoms with van der Waals surface area (Å²) >= 11 is 12.2. The normalized spacial score (nSPS) is 20.6. The van der Waals surface area contributed by atoms with Crippen molar-refractivity contribution in [2.24, 2.45) is 0 Å². The largest absolute Gasteiger partial charge is 0.361 e. The summed E-state index contributed by atoms with van der Waals surface area (Å²) in [5.41, 5.74) is 1.74. The Hall–Kier alpha value is -1.64. The van der Waals surface area contributed by atoms with Crippen LogP contribution in [0.4, 0.5) is 0 Å². The van der Waals surface area contributed by atoms with E-state index in [0.29, 0.717) is 16.5 Å². The average molecular weight is 485 g/mol. The zero-order chi connectivity index (χ0) is 22.6. The second-order valence-electron chi connectivity index (χ2n) is 7.64. The number of nitrogens with one attached hydrogen (secondary N) is 1. The van der Waals surface area contributed by atoms with E-state index in [0.717, 1.165) is 23.8 Å². The second-order valence-corrected chi connectivity index (χ2v) is 10.3. The van der Waals surface area contributed by atoms with Gasteiger partial charge in [-0.05, 0) is 41.8 Å². The van der Waals surface area contributed by atoms with Crippen LogP contribution >= 0.6 is 23.2 Å². The molecule has 0 aliphatic carbocycles. The minimum atomic E-state index is -3.40. The summed E-state index contributed by atoms with van der Waals surface area (Å²) in [4.78, 5) is 14.9. The Morgan fingerprint density at radius 2 is 1.61 bits per heavy atom. The number of hydrogen-bond donors (Lipinski definition) is 1. The molecule has 1 heterocycles. The first-order valence-corrected chi connectivity index (χ1v) is 12.7. The van der Waals surface area contributed by atoms with Gasteiger partial charge in [-0.1, -0.05) is 60.8 Å². The molecular formula is C22H26Cl2N2O4S. The summed E-state index contributed by atoms with van der Waals surface area (Å²) in [6.45, 7) is 2.05. The highest BCUT2D eigenvalue weighted by atomic mass is 35.5. The van der Waals surface area contributed by atoms with Crippen LogP contribution in [0.3, 0.4) is 0 Å². The fraction of sp³-hybridized carbons (Fsp3) is 0.409. The molecule has 1 aliphatic rings. The van der Waals surface area contributed by atoms with Gasteiger partial charge in [0.1, 0.15) is 12.7 Å². The molecule has 0 aromatic heterocycles. The van der Waals surface area contributed by atoms with Crippen molar-refractivity contribution in [1.29, 1.82) is 0 Å². The molecule has 1 aliphatic heterocycles. The van der Waals surface area contributed by atoms with Crippen molar-refractivity contribution in [1.82, 2.24) is 9.62 Å². The number of halogens is 2. The van der Waals surface area contributed by atoms with Crippen molar-refractivity contribution in [2.45, 2.75) is 38.0 Å². The maximum absolute atomic E-state index is 13.1. The molecule has 1 N–H and O–H groups in total. The van der Waals surface area contributed by atoms with Gasteiger partial charge in [-0.3, -0.25) is 4.79 Å². The lowest BCUT2D eigenvalue weighted by Crippen LogP contribution is -2.54. The van der Waals surface area contributed by atoms with E-state index < -0.39 is 22.2 Å². The number of ether oxygens (including phenoxy) is 1. The molecule has 2 aromatic carbocycles. The Morgan fingerprint density at radius 3 is 2.13 bits per heavy atom. The number of rotatable bonds is 8. The van der Waals surface area contributed by atoms with Crippen molar-refractivity contribution in [2.75, 3.05) is 19.4 Å². The van der Waals surface area contributed by atoms with Crippen molar-refractivity contribution < 1.29 is 17.9 Å². The Bertz CT molecular complexity index is 997. The molecular weight excluding hydrogens is 459 g/mol. The molecule has 3 rings (SSSR count). The maximum atomic E-state index is 13.1. The standard InChI is InChI=1S/C22H26Cl2N2O4S/c1-3-4-19(13-25-31(2,28)29)26-20(27)14-30-22(16-7-11-18(24)12-8-16)21(26)15-5-9-17(23)10-6-15/h5-12,19,21-22,25H,3-4,13-14H2,1-2H3/t19-,21-,22+/m0/s1. The van der Waals surface area contributed by atoms with Gasteiger partial charge in [0.05, 0.1) is 12.3 Å². The Balaban J connectivity index is 2.06. The smallest absolute Gasteiger partial charge is 0.249 e. The van der Waals surface area contributed by atoms with Gasteiger partial charge in [0.15, 0.2) is 0 Å². The average Bonchev–Trinajstić information content (AvgIpc) is 2.72. The molecule has 0 saturated carbocycles. The summed E-state index contributed by atoms with van der Waals surface area (Å²) in [6.07, 6.45) is 2.11. The molecule has 1 amide bonds. The van der Waals surface area contributed by atoms with E-state index in [1.807, 2.05) is 31.2 Å². The minimum Gasteiger partial charge on any atom is -0.361 e. The first kappa shape index (κ1) is 24.0. The number of sulfonamides is 1. The summed E-state index contributed by atoms with van der Waals surface area (Å²) in [6, 6.07) is 13.9. The van der Waals surface area contributed by atoms with E-state index in [1.165, 1.54) is 0 Å². The number of nitrogens with zero attached hydrogens (tertiary/aromatic N) is 1. The maximum Gasteiger partial charge on any atom is 0.249 e. The third kappa shape index (κ3) is 6.20. The van der Waals surface area contributed by atoms with E-state index >= 15 is 0 Å². The highest BCUT2D eigenvalue weighted by molar-refractivity contribution is 7.88. The van der Waals surface area contributed by atoms with Gasteiger partial charge in [0.25, 0.3) is 0 Å². The SMILES string of the molecule is CCC[C@@H](CNS(C)(=O)=O)N1C(=O)CO[C@H](c2ccc(Cl)cc2)[C@@H]1c1ccc(Cl)cc1. The highest BCUT2D eigenvalue weighted by Crippen LogP contribution is 2.42. The van der Waals surface area contributed by atoms with E-state index in [4.69, 9.17) is 27.9 Å². The molecule has 9 heteroatoms. The molecule has 1 saturated heterocycles. The lowest BCUT2D eigenvalue weighted by molar-refractivity contribution is -0.163. The van der Waals surface area contributed by atoms with Gasteiger partial charge in [0, 0.05) is 22.6 Å². The van der Waals surface area contributed by atoms with E-state index in [9.17, 15) is 13.2 Å². The molecule has 6 nitrogen and oxygen atoms in total. The fourth-order valence-electron chi connectivity index (χ4n) is 3.91. The van der Waals surface area contributed by atoms with Crippen LogP contribution in [0.1, 0.15) is 43.0 Å². The number of carbonyl (C=O) groups is 1. The minimum absolute atomic E-state index is 0.0868. The first-order chi connectivity index (χ1) is 14.7. The van der Waals surface area contributed by atoms with Crippen molar-refractivity contribution >= 4 is 39.1 Å². The molecule has 0 radical (unpaired) electrons. The van der Waals surface area contributed by atoms with Crippen LogP contribution in [0.15, 0.2) is 48.5 Å². The van der Waals surface area contributed by atoms with Gasteiger partial charge >= 0.3 is 0 Å². The van der Waals surface area contributed by atoms with Crippen molar-refractivity contribution in [3.05, 3.63) is 69.7 Å². The van der Waals surface area contributed by atoms with Crippen molar-refractivity contribution in [3.8, 4) is 0 Å². The van der Waals surface area contributed by atoms with Gasteiger partial charge in [0.2, 0.25) is 15.9 Å². The number of morpholine rings is 1. The predicted molar refractivity (Wildman–Crippen MR) is 123 cm³/mol. The molecule has 1 fully saturated rings. The van der Waals surface area contributed by atoms with Crippen molar-refractivity contribution in [3.63, 3.8) is 0 Å².